The van der Waals surface area contributed by atoms with Gasteiger partial charge in [-0.1, -0.05) is 12.8 Å². The lowest BCUT2D eigenvalue weighted by Gasteiger charge is -2.37. The maximum absolute atomic E-state index is 12.4. The van der Waals surface area contributed by atoms with Crippen molar-refractivity contribution in [3.05, 3.63) is 12.2 Å². The van der Waals surface area contributed by atoms with Gasteiger partial charge in [-0.25, -0.2) is 0 Å². The molecule has 2 fully saturated rings. The van der Waals surface area contributed by atoms with Crippen molar-refractivity contribution in [2.75, 3.05) is 0 Å². The summed E-state index contributed by atoms with van der Waals surface area (Å²) in [5.74, 6) is 0.576. The van der Waals surface area contributed by atoms with Crippen molar-refractivity contribution in [1.82, 2.24) is 19.7 Å². The van der Waals surface area contributed by atoms with E-state index >= 15 is 0 Å². The van der Waals surface area contributed by atoms with Gasteiger partial charge < -0.3 is 4.57 Å². The molecule has 0 atom stereocenters. The summed E-state index contributed by atoms with van der Waals surface area (Å²) < 4.78 is 1.90. The molecule has 1 spiro atoms. The van der Waals surface area contributed by atoms with Crippen LogP contribution in [0.15, 0.2) is 6.33 Å². The molecule has 2 aliphatic rings. The molecule has 2 heterocycles. The fraction of sp³-hybridized carbons (Fsp3) is 0.733. The average molecular weight is 290 g/mol. The van der Waals surface area contributed by atoms with Crippen molar-refractivity contribution in [2.45, 2.75) is 65.0 Å². The summed E-state index contributed by atoms with van der Waals surface area (Å²) in [5.41, 5.74) is -0.0453. The molecular formula is C15H22N4O2. The summed E-state index contributed by atoms with van der Waals surface area (Å²) in [6.45, 7) is 4.30. The summed E-state index contributed by atoms with van der Waals surface area (Å²) in [6, 6.07) is 0.214. The number of carbonyl (C=O) groups is 2. The van der Waals surface area contributed by atoms with E-state index in [2.05, 4.69) is 10.2 Å². The molecule has 6 nitrogen and oxygen atoms in total. The van der Waals surface area contributed by atoms with Crippen molar-refractivity contribution in [1.29, 1.82) is 0 Å². The Morgan fingerprint density at radius 1 is 1.19 bits per heavy atom. The van der Waals surface area contributed by atoms with Crippen LogP contribution in [0.25, 0.3) is 0 Å². The van der Waals surface area contributed by atoms with Crippen LogP contribution in [0.1, 0.15) is 64.2 Å². The molecular weight excluding hydrogens is 268 g/mol. The molecule has 1 aromatic rings. The fourth-order valence-corrected chi connectivity index (χ4v) is 3.64. The molecule has 114 valence electrons. The Labute approximate surface area is 124 Å². The Balaban J connectivity index is 1.76. The van der Waals surface area contributed by atoms with E-state index in [1.54, 1.807) is 6.33 Å². The Kier molecular flexibility index (Phi) is 3.55. The Morgan fingerprint density at radius 2 is 1.81 bits per heavy atom. The van der Waals surface area contributed by atoms with Gasteiger partial charge in [0.2, 0.25) is 11.8 Å². The zero-order valence-electron chi connectivity index (χ0n) is 12.7. The van der Waals surface area contributed by atoms with E-state index in [4.69, 9.17) is 0 Å². The molecule has 0 unspecified atom stereocenters. The van der Waals surface area contributed by atoms with Crippen LogP contribution in [0.2, 0.25) is 0 Å². The summed E-state index contributed by atoms with van der Waals surface area (Å²) in [7, 11) is 0. The van der Waals surface area contributed by atoms with Crippen LogP contribution in [-0.2, 0) is 16.1 Å². The topological polar surface area (TPSA) is 68.1 Å². The predicted molar refractivity (Wildman–Crippen MR) is 76.1 cm³/mol. The van der Waals surface area contributed by atoms with Gasteiger partial charge in [0.15, 0.2) is 5.82 Å². The largest absolute Gasteiger partial charge is 0.314 e. The average Bonchev–Trinajstić information content (AvgIpc) is 3.03. The molecule has 0 bridgehead atoms. The number of aromatic nitrogens is 3. The highest BCUT2D eigenvalue weighted by atomic mass is 16.2. The SMILES string of the molecule is CC(C)n1cnnc1CN1C(=O)CC2(CCCC2)CC1=O. The van der Waals surface area contributed by atoms with E-state index in [-0.39, 0.29) is 29.8 Å². The first-order valence-electron chi connectivity index (χ1n) is 7.72. The number of piperidine rings is 1. The van der Waals surface area contributed by atoms with Crippen molar-refractivity contribution in [3.63, 3.8) is 0 Å². The van der Waals surface area contributed by atoms with Crippen LogP contribution in [0.5, 0.6) is 0 Å². The van der Waals surface area contributed by atoms with Gasteiger partial charge >= 0.3 is 0 Å². The van der Waals surface area contributed by atoms with Crippen LogP contribution in [0, 0.1) is 5.41 Å². The van der Waals surface area contributed by atoms with E-state index in [9.17, 15) is 9.59 Å². The van der Waals surface area contributed by atoms with Gasteiger partial charge in [-0.3, -0.25) is 14.5 Å². The lowest BCUT2D eigenvalue weighted by atomic mass is 9.76. The summed E-state index contributed by atoms with van der Waals surface area (Å²) >= 11 is 0. The molecule has 21 heavy (non-hydrogen) atoms. The minimum atomic E-state index is -0.0496. The van der Waals surface area contributed by atoms with Gasteiger partial charge in [-0.05, 0) is 32.1 Å². The number of likely N-dealkylation sites (tertiary alicyclic amines) is 1. The normalized spacial score (nSPS) is 21.8. The van der Waals surface area contributed by atoms with E-state index in [0.717, 1.165) is 25.7 Å². The molecule has 1 aliphatic heterocycles. The number of carbonyl (C=O) groups excluding carboxylic acids is 2. The van der Waals surface area contributed by atoms with Crippen LogP contribution >= 0.6 is 0 Å². The third-order valence-electron chi connectivity index (χ3n) is 4.82. The number of amides is 2. The van der Waals surface area contributed by atoms with Crippen molar-refractivity contribution in [3.8, 4) is 0 Å². The van der Waals surface area contributed by atoms with Gasteiger partial charge in [0, 0.05) is 18.9 Å². The Hall–Kier alpha value is -1.72. The van der Waals surface area contributed by atoms with Crippen molar-refractivity contribution in [2.24, 2.45) is 5.41 Å². The zero-order chi connectivity index (χ0) is 15.0. The minimum Gasteiger partial charge on any atom is -0.314 e. The van der Waals surface area contributed by atoms with Crippen LogP contribution in [0.3, 0.4) is 0 Å². The summed E-state index contributed by atoms with van der Waals surface area (Å²) in [6.07, 6.45) is 6.98. The first kappa shape index (κ1) is 14.2. The van der Waals surface area contributed by atoms with Crippen molar-refractivity contribution >= 4 is 11.8 Å². The van der Waals surface area contributed by atoms with Gasteiger partial charge in [0.25, 0.3) is 0 Å². The molecule has 1 aliphatic carbocycles. The molecule has 1 aromatic heterocycles. The van der Waals surface area contributed by atoms with E-state index in [1.165, 1.54) is 4.90 Å². The number of imide groups is 1. The molecule has 0 aromatic carbocycles. The Bertz CT molecular complexity index is 538. The number of nitrogens with zero attached hydrogens (tertiary/aromatic N) is 4. The highest BCUT2D eigenvalue weighted by Crippen LogP contribution is 2.47. The number of rotatable bonds is 3. The third-order valence-corrected chi connectivity index (χ3v) is 4.82. The first-order valence-corrected chi connectivity index (χ1v) is 7.72. The summed E-state index contributed by atoms with van der Waals surface area (Å²) in [4.78, 5) is 26.2. The predicted octanol–water partition coefficient (Wildman–Crippen LogP) is 2.07. The van der Waals surface area contributed by atoms with E-state index in [0.29, 0.717) is 18.7 Å². The molecule has 3 rings (SSSR count). The van der Waals surface area contributed by atoms with Gasteiger partial charge in [0.05, 0.1) is 6.54 Å². The first-order chi connectivity index (χ1) is 10.0. The van der Waals surface area contributed by atoms with Gasteiger partial charge in [0.1, 0.15) is 6.33 Å². The van der Waals surface area contributed by atoms with Gasteiger partial charge in [-0.15, -0.1) is 10.2 Å². The van der Waals surface area contributed by atoms with Crippen molar-refractivity contribution < 1.29 is 9.59 Å². The quantitative estimate of drug-likeness (QED) is 0.799. The number of hydrogen-bond acceptors (Lipinski definition) is 4. The second kappa shape index (κ2) is 5.24. The maximum Gasteiger partial charge on any atom is 0.230 e. The summed E-state index contributed by atoms with van der Waals surface area (Å²) in [5, 5.41) is 7.95. The standard InChI is InChI=1S/C15H22N4O2/c1-11(2)19-10-16-17-12(19)9-18-13(20)7-15(8-14(18)21)5-3-4-6-15/h10-11H,3-9H2,1-2H3. The lowest BCUT2D eigenvalue weighted by molar-refractivity contribution is -0.154. The molecule has 2 amide bonds. The number of hydrogen-bond donors (Lipinski definition) is 0. The lowest BCUT2D eigenvalue weighted by Crippen LogP contribution is -2.47. The highest BCUT2D eigenvalue weighted by Gasteiger charge is 2.45. The second-order valence-corrected chi connectivity index (χ2v) is 6.68. The fourth-order valence-electron chi connectivity index (χ4n) is 3.64. The molecule has 0 radical (unpaired) electrons. The highest BCUT2D eigenvalue weighted by molar-refractivity contribution is 5.98. The molecule has 1 saturated carbocycles. The van der Waals surface area contributed by atoms with Crippen LogP contribution in [-0.4, -0.2) is 31.5 Å². The molecule has 1 saturated heterocycles. The van der Waals surface area contributed by atoms with Crippen LogP contribution in [0.4, 0.5) is 0 Å². The smallest absolute Gasteiger partial charge is 0.230 e. The molecule has 6 heteroatoms. The van der Waals surface area contributed by atoms with Crippen LogP contribution < -0.4 is 0 Å². The Morgan fingerprint density at radius 3 is 2.38 bits per heavy atom. The maximum atomic E-state index is 12.4. The van der Waals surface area contributed by atoms with E-state index in [1.807, 2.05) is 18.4 Å². The van der Waals surface area contributed by atoms with Gasteiger partial charge in [-0.2, -0.15) is 0 Å². The minimum absolute atomic E-state index is 0.0453. The monoisotopic (exact) mass is 290 g/mol. The third kappa shape index (κ3) is 2.59. The second-order valence-electron chi connectivity index (χ2n) is 6.68. The molecule has 0 N–H and O–H groups in total. The zero-order valence-corrected chi connectivity index (χ0v) is 12.7. The van der Waals surface area contributed by atoms with E-state index < -0.39 is 0 Å².